The molecule has 0 atom stereocenters. The lowest BCUT2D eigenvalue weighted by molar-refractivity contribution is 0.218. The Kier molecular flexibility index (Phi) is 2.60. The average Bonchev–Trinajstić information content (AvgIpc) is 2.28. The standard InChI is InChI=1S/C14H16O2/c1-14(2,9-15)12-5-3-11-8-13(16)6-4-10(11)7-12/h3-8,15-16H,9H2,1-2H3. The molecule has 2 aromatic carbocycles. The molecular formula is C14H16O2. The average molecular weight is 216 g/mol. The molecule has 0 fully saturated rings. The Balaban J connectivity index is 2.57. The number of phenolic OH excluding ortho intramolecular Hbond substituents is 1. The van der Waals surface area contributed by atoms with Crippen molar-refractivity contribution >= 4 is 10.8 Å². The van der Waals surface area contributed by atoms with Crippen molar-refractivity contribution in [2.75, 3.05) is 6.61 Å². The molecule has 0 radical (unpaired) electrons. The smallest absolute Gasteiger partial charge is 0.116 e. The molecule has 2 nitrogen and oxygen atoms in total. The third-order valence-corrected chi connectivity index (χ3v) is 3.00. The normalized spacial score (nSPS) is 11.9. The number of aliphatic hydroxyl groups excluding tert-OH is 1. The summed E-state index contributed by atoms with van der Waals surface area (Å²) in [6, 6.07) is 11.3. The summed E-state index contributed by atoms with van der Waals surface area (Å²) in [7, 11) is 0. The Morgan fingerprint density at radius 2 is 1.62 bits per heavy atom. The molecule has 0 saturated heterocycles. The van der Waals surface area contributed by atoms with E-state index >= 15 is 0 Å². The van der Waals surface area contributed by atoms with E-state index in [0.29, 0.717) is 0 Å². The predicted octanol–water partition coefficient (Wildman–Crippen LogP) is 2.82. The van der Waals surface area contributed by atoms with E-state index in [1.54, 1.807) is 12.1 Å². The molecule has 0 aliphatic rings. The highest BCUT2D eigenvalue weighted by Gasteiger charge is 2.19. The van der Waals surface area contributed by atoms with Crippen LogP contribution in [-0.2, 0) is 5.41 Å². The minimum Gasteiger partial charge on any atom is -0.508 e. The summed E-state index contributed by atoms with van der Waals surface area (Å²) in [5.41, 5.74) is 0.875. The van der Waals surface area contributed by atoms with Gasteiger partial charge in [0.05, 0.1) is 6.61 Å². The van der Waals surface area contributed by atoms with E-state index in [1.807, 2.05) is 32.0 Å². The highest BCUT2D eigenvalue weighted by atomic mass is 16.3. The minimum atomic E-state index is -0.230. The van der Waals surface area contributed by atoms with Gasteiger partial charge in [-0.05, 0) is 28.5 Å². The third-order valence-electron chi connectivity index (χ3n) is 3.00. The molecule has 2 N–H and O–H groups in total. The van der Waals surface area contributed by atoms with Crippen LogP contribution in [0.25, 0.3) is 10.8 Å². The summed E-state index contributed by atoms with van der Waals surface area (Å²) in [5.74, 6) is 0.279. The molecule has 0 unspecified atom stereocenters. The van der Waals surface area contributed by atoms with Gasteiger partial charge in [0.1, 0.15) is 5.75 Å². The van der Waals surface area contributed by atoms with E-state index < -0.39 is 0 Å². The van der Waals surface area contributed by atoms with Crippen LogP contribution in [0.1, 0.15) is 19.4 Å². The Morgan fingerprint density at radius 1 is 1.00 bits per heavy atom. The summed E-state index contributed by atoms with van der Waals surface area (Å²) in [6.07, 6.45) is 0. The van der Waals surface area contributed by atoms with Crippen LogP contribution in [0.3, 0.4) is 0 Å². The number of hydrogen-bond donors (Lipinski definition) is 2. The zero-order chi connectivity index (χ0) is 11.8. The SMILES string of the molecule is CC(C)(CO)c1ccc2cc(O)ccc2c1. The minimum absolute atomic E-state index is 0.122. The van der Waals surface area contributed by atoms with E-state index in [9.17, 15) is 10.2 Å². The van der Waals surface area contributed by atoms with Crippen LogP contribution in [0, 0.1) is 0 Å². The van der Waals surface area contributed by atoms with Gasteiger partial charge in [0.15, 0.2) is 0 Å². The Bertz CT molecular complexity index is 515. The van der Waals surface area contributed by atoms with Crippen molar-refractivity contribution in [1.82, 2.24) is 0 Å². The number of benzene rings is 2. The number of phenols is 1. The second-order valence-electron chi connectivity index (χ2n) is 4.79. The summed E-state index contributed by atoms with van der Waals surface area (Å²) in [6.45, 7) is 4.14. The quantitative estimate of drug-likeness (QED) is 0.810. The Hall–Kier alpha value is -1.54. The van der Waals surface area contributed by atoms with Gasteiger partial charge in [0.2, 0.25) is 0 Å². The second kappa shape index (κ2) is 3.80. The number of fused-ring (bicyclic) bond motifs is 1. The Morgan fingerprint density at radius 3 is 2.31 bits per heavy atom. The number of aliphatic hydroxyl groups is 1. The lowest BCUT2D eigenvalue weighted by Gasteiger charge is -2.22. The van der Waals surface area contributed by atoms with Gasteiger partial charge in [-0.2, -0.15) is 0 Å². The van der Waals surface area contributed by atoms with Crippen molar-refractivity contribution in [1.29, 1.82) is 0 Å². The van der Waals surface area contributed by atoms with Crippen LogP contribution in [-0.4, -0.2) is 16.8 Å². The van der Waals surface area contributed by atoms with E-state index in [4.69, 9.17) is 0 Å². The molecule has 2 rings (SSSR count). The van der Waals surface area contributed by atoms with Crippen molar-refractivity contribution in [3.8, 4) is 5.75 Å². The van der Waals surface area contributed by atoms with Gasteiger partial charge in [-0.15, -0.1) is 0 Å². The van der Waals surface area contributed by atoms with Gasteiger partial charge in [-0.25, -0.2) is 0 Å². The van der Waals surface area contributed by atoms with E-state index in [2.05, 4.69) is 6.07 Å². The summed E-state index contributed by atoms with van der Waals surface area (Å²) in [5, 5.41) is 20.8. The molecule has 0 bridgehead atoms. The van der Waals surface area contributed by atoms with Crippen LogP contribution in [0.2, 0.25) is 0 Å². The van der Waals surface area contributed by atoms with Crippen molar-refractivity contribution in [2.24, 2.45) is 0 Å². The third kappa shape index (κ3) is 1.89. The maximum Gasteiger partial charge on any atom is 0.116 e. The molecule has 0 saturated carbocycles. The Labute approximate surface area is 95.2 Å². The van der Waals surface area contributed by atoms with Gasteiger partial charge in [-0.3, -0.25) is 0 Å². The van der Waals surface area contributed by atoms with E-state index in [-0.39, 0.29) is 17.8 Å². The first-order chi connectivity index (χ1) is 7.53. The van der Waals surface area contributed by atoms with Crippen molar-refractivity contribution < 1.29 is 10.2 Å². The molecular weight excluding hydrogens is 200 g/mol. The van der Waals surface area contributed by atoms with E-state index in [1.165, 1.54) is 0 Å². The number of rotatable bonds is 2. The zero-order valence-electron chi connectivity index (χ0n) is 9.57. The lowest BCUT2D eigenvalue weighted by Crippen LogP contribution is -2.21. The van der Waals surface area contributed by atoms with Crippen molar-refractivity contribution in [3.05, 3.63) is 42.0 Å². The van der Waals surface area contributed by atoms with Crippen molar-refractivity contribution in [3.63, 3.8) is 0 Å². The molecule has 84 valence electrons. The largest absolute Gasteiger partial charge is 0.508 e. The van der Waals surface area contributed by atoms with Crippen LogP contribution < -0.4 is 0 Å². The monoisotopic (exact) mass is 216 g/mol. The van der Waals surface area contributed by atoms with Crippen molar-refractivity contribution in [2.45, 2.75) is 19.3 Å². The fourth-order valence-corrected chi connectivity index (χ4v) is 1.75. The highest BCUT2D eigenvalue weighted by molar-refractivity contribution is 5.84. The molecule has 0 spiro atoms. The molecule has 0 aliphatic heterocycles. The molecule has 2 heteroatoms. The summed E-state index contributed by atoms with van der Waals surface area (Å²) < 4.78 is 0. The summed E-state index contributed by atoms with van der Waals surface area (Å²) in [4.78, 5) is 0. The van der Waals surface area contributed by atoms with Crippen LogP contribution in [0.5, 0.6) is 5.75 Å². The fourth-order valence-electron chi connectivity index (χ4n) is 1.75. The van der Waals surface area contributed by atoms with Gasteiger partial charge in [-0.1, -0.05) is 38.1 Å². The number of hydrogen-bond acceptors (Lipinski definition) is 2. The van der Waals surface area contributed by atoms with Crippen LogP contribution in [0.4, 0.5) is 0 Å². The van der Waals surface area contributed by atoms with Gasteiger partial charge < -0.3 is 10.2 Å². The first-order valence-electron chi connectivity index (χ1n) is 5.37. The lowest BCUT2D eigenvalue weighted by atomic mass is 9.84. The van der Waals surface area contributed by atoms with Gasteiger partial charge >= 0.3 is 0 Å². The predicted molar refractivity (Wildman–Crippen MR) is 65.7 cm³/mol. The highest BCUT2D eigenvalue weighted by Crippen LogP contribution is 2.27. The van der Waals surface area contributed by atoms with Crippen LogP contribution in [0.15, 0.2) is 36.4 Å². The first kappa shape index (κ1) is 11.0. The number of aromatic hydroxyl groups is 1. The molecule has 0 aliphatic carbocycles. The maximum atomic E-state index is 9.37. The maximum absolute atomic E-state index is 9.37. The topological polar surface area (TPSA) is 40.5 Å². The fraction of sp³-hybridized carbons (Fsp3) is 0.286. The van der Waals surface area contributed by atoms with Gasteiger partial charge in [0, 0.05) is 5.41 Å². The van der Waals surface area contributed by atoms with Crippen LogP contribution >= 0.6 is 0 Å². The second-order valence-corrected chi connectivity index (χ2v) is 4.79. The summed E-state index contributed by atoms with van der Waals surface area (Å²) >= 11 is 0. The zero-order valence-corrected chi connectivity index (χ0v) is 9.57. The molecule has 2 aromatic rings. The molecule has 16 heavy (non-hydrogen) atoms. The molecule has 0 heterocycles. The molecule has 0 aromatic heterocycles. The first-order valence-corrected chi connectivity index (χ1v) is 5.37. The molecule has 0 amide bonds. The van der Waals surface area contributed by atoms with Gasteiger partial charge in [0.25, 0.3) is 0 Å². The van der Waals surface area contributed by atoms with E-state index in [0.717, 1.165) is 16.3 Å².